The highest BCUT2D eigenvalue weighted by molar-refractivity contribution is 6.33. The van der Waals surface area contributed by atoms with Crippen molar-refractivity contribution >= 4 is 45.1 Å². The number of benzene rings is 4. The highest BCUT2D eigenvalue weighted by Crippen LogP contribution is 2.34. The molecule has 0 aliphatic rings. The Morgan fingerprint density at radius 2 is 1.69 bits per heavy atom. The van der Waals surface area contributed by atoms with Crippen molar-refractivity contribution in [3.05, 3.63) is 94.0 Å². The lowest BCUT2D eigenvalue weighted by molar-refractivity contribution is 0.102. The Balaban J connectivity index is 1.52. The van der Waals surface area contributed by atoms with E-state index in [1.54, 1.807) is 18.2 Å². The van der Waals surface area contributed by atoms with Crippen LogP contribution in [0.3, 0.4) is 0 Å². The molecular weight excluding hydrogens is 420 g/mol. The lowest BCUT2D eigenvalue weighted by Gasteiger charge is -2.11. The van der Waals surface area contributed by atoms with Gasteiger partial charge in [-0.05, 0) is 78.6 Å². The summed E-state index contributed by atoms with van der Waals surface area (Å²) in [5.41, 5.74) is 6.66. The van der Waals surface area contributed by atoms with Gasteiger partial charge in [0.15, 0.2) is 5.58 Å². The van der Waals surface area contributed by atoms with E-state index in [4.69, 9.17) is 16.0 Å². The molecule has 0 aliphatic heterocycles. The minimum Gasteiger partial charge on any atom is -0.436 e. The molecule has 5 heteroatoms. The zero-order chi connectivity index (χ0) is 22.4. The van der Waals surface area contributed by atoms with Gasteiger partial charge in [0.1, 0.15) is 5.52 Å². The van der Waals surface area contributed by atoms with Crippen molar-refractivity contribution in [1.82, 2.24) is 4.98 Å². The molecule has 0 saturated heterocycles. The van der Waals surface area contributed by atoms with Crippen LogP contribution in [-0.2, 0) is 0 Å². The Labute approximate surface area is 190 Å². The SMILES string of the molecule is Cc1cc(C)c2oc(-c3cc(NC(=O)c4ccc(C)c5ccccc45)ccc3Cl)nc2c1. The van der Waals surface area contributed by atoms with Crippen LogP contribution in [0.5, 0.6) is 0 Å². The predicted octanol–water partition coefficient (Wildman–Crippen LogP) is 7.48. The van der Waals surface area contributed by atoms with Crippen LogP contribution in [0.15, 0.2) is 71.1 Å². The van der Waals surface area contributed by atoms with Gasteiger partial charge in [-0.2, -0.15) is 0 Å². The van der Waals surface area contributed by atoms with Crippen LogP contribution in [0.2, 0.25) is 5.02 Å². The fourth-order valence-corrected chi connectivity index (χ4v) is 4.30. The number of nitrogens with zero attached hydrogens (tertiary/aromatic N) is 1. The number of carbonyl (C=O) groups is 1. The van der Waals surface area contributed by atoms with E-state index in [-0.39, 0.29) is 5.91 Å². The summed E-state index contributed by atoms with van der Waals surface area (Å²) >= 11 is 6.47. The van der Waals surface area contributed by atoms with E-state index in [0.29, 0.717) is 27.7 Å². The summed E-state index contributed by atoms with van der Waals surface area (Å²) in [6.45, 7) is 6.06. The topological polar surface area (TPSA) is 55.1 Å². The quantitative estimate of drug-likeness (QED) is 0.316. The number of hydrogen-bond acceptors (Lipinski definition) is 3. The van der Waals surface area contributed by atoms with E-state index in [2.05, 4.69) is 16.4 Å². The summed E-state index contributed by atoms with van der Waals surface area (Å²) in [4.78, 5) is 17.7. The third kappa shape index (κ3) is 3.53. The van der Waals surface area contributed by atoms with Crippen LogP contribution in [0.4, 0.5) is 5.69 Å². The Kier molecular flexibility index (Phi) is 4.95. The van der Waals surface area contributed by atoms with Crippen LogP contribution < -0.4 is 5.32 Å². The molecule has 0 saturated carbocycles. The van der Waals surface area contributed by atoms with Crippen molar-refractivity contribution in [3.63, 3.8) is 0 Å². The molecule has 0 aliphatic carbocycles. The maximum absolute atomic E-state index is 13.1. The number of aryl methyl sites for hydroxylation is 3. The van der Waals surface area contributed by atoms with Crippen molar-refractivity contribution in [2.24, 2.45) is 0 Å². The van der Waals surface area contributed by atoms with Gasteiger partial charge in [0.05, 0.1) is 10.6 Å². The smallest absolute Gasteiger partial charge is 0.256 e. The van der Waals surface area contributed by atoms with Gasteiger partial charge in [0.2, 0.25) is 5.89 Å². The molecule has 1 N–H and O–H groups in total. The largest absolute Gasteiger partial charge is 0.436 e. The number of rotatable bonds is 3. The average Bonchev–Trinajstić information content (AvgIpc) is 3.19. The Morgan fingerprint density at radius 3 is 2.50 bits per heavy atom. The van der Waals surface area contributed by atoms with Crippen LogP contribution in [0.1, 0.15) is 27.0 Å². The summed E-state index contributed by atoms with van der Waals surface area (Å²) in [6.07, 6.45) is 0. The molecule has 4 aromatic carbocycles. The summed E-state index contributed by atoms with van der Waals surface area (Å²) in [5, 5.41) is 5.48. The molecule has 0 spiro atoms. The van der Waals surface area contributed by atoms with E-state index in [1.165, 1.54) is 0 Å². The number of oxazole rings is 1. The van der Waals surface area contributed by atoms with Crippen molar-refractivity contribution in [3.8, 4) is 11.5 Å². The molecule has 1 amide bonds. The highest BCUT2D eigenvalue weighted by atomic mass is 35.5. The van der Waals surface area contributed by atoms with Gasteiger partial charge in [-0.1, -0.05) is 48.0 Å². The predicted molar refractivity (Wildman–Crippen MR) is 131 cm³/mol. The Bertz CT molecular complexity index is 1520. The zero-order valence-corrected chi connectivity index (χ0v) is 18.7. The summed E-state index contributed by atoms with van der Waals surface area (Å²) in [7, 11) is 0. The minimum absolute atomic E-state index is 0.182. The standard InChI is InChI=1S/C27H21ClN2O2/c1-15-12-17(3)25-24(13-15)30-27(32-25)22-14-18(9-11-23(22)28)29-26(31)21-10-8-16(2)19-6-4-5-7-20(19)21/h4-14H,1-3H3,(H,29,31). The first-order valence-electron chi connectivity index (χ1n) is 10.4. The second kappa shape index (κ2) is 7.81. The number of hydrogen-bond donors (Lipinski definition) is 1. The van der Waals surface area contributed by atoms with Crippen molar-refractivity contribution in [2.45, 2.75) is 20.8 Å². The molecule has 0 bridgehead atoms. The maximum atomic E-state index is 13.1. The first-order valence-corrected chi connectivity index (χ1v) is 10.8. The zero-order valence-electron chi connectivity index (χ0n) is 18.0. The van der Waals surface area contributed by atoms with Crippen molar-refractivity contribution < 1.29 is 9.21 Å². The normalized spacial score (nSPS) is 11.2. The summed E-state index contributed by atoms with van der Waals surface area (Å²) in [6, 6.07) is 21.1. The molecule has 1 heterocycles. The number of carbonyl (C=O) groups excluding carboxylic acids is 1. The first kappa shape index (κ1) is 20.3. The molecule has 0 unspecified atom stereocenters. The van der Waals surface area contributed by atoms with Crippen LogP contribution in [0, 0.1) is 20.8 Å². The lowest BCUT2D eigenvalue weighted by Crippen LogP contribution is -2.12. The van der Waals surface area contributed by atoms with Gasteiger partial charge in [-0.3, -0.25) is 4.79 Å². The van der Waals surface area contributed by atoms with Crippen molar-refractivity contribution in [1.29, 1.82) is 0 Å². The molecule has 0 atom stereocenters. The molecular formula is C27H21ClN2O2. The van der Waals surface area contributed by atoms with Gasteiger partial charge >= 0.3 is 0 Å². The fraction of sp³-hybridized carbons (Fsp3) is 0.111. The van der Waals surface area contributed by atoms with E-state index in [0.717, 1.165) is 38.6 Å². The minimum atomic E-state index is -0.182. The van der Waals surface area contributed by atoms with E-state index >= 15 is 0 Å². The van der Waals surface area contributed by atoms with Crippen molar-refractivity contribution in [2.75, 3.05) is 5.32 Å². The molecule has 0 radical (unpaired) electrons. The molecule has 0 fully saturated rings. The molecule has 158 valence electrons. The number of amides is 1. The van der Waals surface area contributed by atoms with E-state index in [9.17, 15) is 4.79 Å². The number of halogens is 1. The van der Waals surface area contributed by atoms with E-state index in [1.807, 2.05) is 63.2 Å². The Hall–Kier alpha value is -3.63. The summed E-state index contributed by atoms with van der Waals surface area (Å²) < 4.78 is 6.03. The third-order valence-electron chi connectivity index (χ3n) is 5.66. The highest BCUT2D eigenvalue weighted by Gasteiger charge is 2.16. The van der Waals surface area contributed by atoms with E-state index < -0.39 is 0 Å². The van der Waals surface area contributed by atoms with Gasteiger partial charge in [-0.15, -0.1) is 0 Å². The second-order valence-corrected chi connectivity index (χ2v) is 8.48. The molecule has 5 aromatic rings. The number of nitrogens with one attached hydrogen (secondary N) is 1. The Morgan fingerprint density at radius 1 is 0.906 bits per heavy atom. The average molecular weight is 441 g/mol. The molecule has 4 nitrogen and oxygen atoms in total. The fourth-order valence-electron chi connectivity index (χ4n) is 4.10. The molecule has 5 rings (SSSR count). The lowest BCUT2D eigenvalue weighted by atomic mass is 10.00. The first-order chi connectivity index (χ1) is 15.4. The van der Waals surface area contributed by atoms with Crippen LogP contribution >= 0.6 is 11.6 Å². The number of aromatic nitrogens is 1. The van der Waals surface area contributed by atoms with Gasteiger partial charge in [-0.25, -0.2) is 4.98 Å². The third-order valence-corrected chi connectivity index (χ3v) is 5.99. The molecule has 1 aromatic heterocycles. The van der Waals surface area contributed by atoms with Gasteiger partial charge < -0.3 is 9.73 Å². The molecule has 32 heavy (non-hydrogen) atoms. The monoisotopic (exact) mass is 440 g/mol. The van der Waals surface area contributed by atoms with Crippen LogP contribution in [-0.4, -0.2) is 10.9 Å². The number of anilines is 1. The summed E-state index contributed by atoms with van der Waals surface area (Å²) in [5.74, 6) is 0.245. The maximum Gasteiger partial charge on any atom is 0.256 e. The van der Waals surface area contributed by atoms with Gasteiger partial charge in [0.25, 0.3) is 5.91 Å². The number of fused-ring (bicyclic) bond motifs is 2. The van der Waals surface area contributed by atoms with Gasteiger partial charge in [0, 0.05) is 11.3 Å². The van der Waals surface area contributed by atoms with Crippen LogP contribution in [0.25, 0.3) is 33.3 Å². The second-order valence-electron chi connectivity index (χ2n) is 8.07.